The van der Waals surface area contributed by atoms with E-state index in [1.54, 1.807) is 0 Å². The standard InChI is InChI=1S/C12H11NS/c14-13(11-7-3-1-4-8-11)12-9-5-2-6-10-12/h1-10,13H. The van der Waals surface area contributed by atoms with E-state index in [-0.39, 0.29) is 0 Å². The van der Waals surface area contributed by atoms with Crippen molar-refractivity contribution in [1.29, 1.82) is 0 Å². The van der Waals surface area contributed by atoms with Gasteiger partial charge in [0.1, 0.15) is 11.4 Å². The van der Waals surface area contributed by atoms with Gasteiger partial charge in [-0.1, -0.05) is 36.4 Å². The zero-order chi connectivity index (χ0) is 9.80. The molecule has 0 unspecified atom stereocenters. The van der Waals surface area contributed by atoms with Gasteiger partial charge in [0.15, 0.2) is 0 Å². The van der Waals surface area contributed by atoms with Gasteiger partial charge in [0.2, 0.25) is 0 Å². The summed E-state index contributed by atoms with van der Waals surface area (Å²) in [6.07, 6.45) is 0. The summed E-state index contributed by atoms with van der Waals surface area (Å²) in [5, 5.41) is 0. The second-order valence-corrected chi connectivity index (χ2v) is 3.47. The highest BCUT2D eigenvalue weighted by molar-refractivity contribution is 7.51. The largest absolute Gasteiger partial charge is 0.484 e. The molecule has 1 N–H and O–H groups in total. The predicted octanol–water partition coefficient (Wildman–Crippen LogP) is 2.00. The van der Waals surface area contributed by atoms with Crippen LogP contribution >= 0.6 is 0 Å². The molecule has 0 spiro atoms. The molecular weight excluding hydrogens is 190 g/mol. The number of para-hydroxylation sites is 2. The molecule has 0 aromatic heterocycles. The molecule has 0 aliphatic heterocycles. The topological polar surface area (TPSA) is 4.44 Å². The summed E-state index contributed by atoms with van der Waals surface area (Å²) in [5.74, 6) is 0. The van der Waals surface area contributed by atoms with Gasteiger partial charge in [0, 0.05) is 0 Å². The smallest absolute Gasteiger partial charge is 0.118 e. The summed E-state index contributed by atoms with van der Waals surface area (Å²) in [6, 6.07) is 20.2. The first-order chi connectivity index (χ1) is 6.88. The van der Waals surface area contributed by atoms with Gasteiger partial charge in [-0.3, -0.25) is 0 Å². The minimum Gasteiger partial charge on any atom is -0.484 e. The fourth-order valence-electron chi connectivity index (χ4n) is 1.35. The molecule has 1 nitrogen and oxygen atoms in total. The minimum absolute atomic E-state index is 0.909. The average molecular weight is 201 g/mol. The van der Waals surface area contributed by atoms with Crippen LogP contribution < -0.4 is 4.31 Å². The Morgan fingerprint density at radius 3 is 1.36 bits per heavy atom. The molecule has 14 heavy (non-hydrogen) atoms. The molecule has 0 fully saturated rings. The molecule has 0 saturated carbocycles. The Kier molecular flexibility index (Phi) is 2.87. The van der Waals surface area contributed by atoms with Crippen molar-refractivity contribution in [3.63, 3.8) is 0 Å². The maximum absolute atomic E-state index is 5.39. The number of benzene rings is 2. The van der Waals surface area contributed by atoms with Crippen LogP contribution in [0.4, 0.5) is 11.4 Å². The maximum Gasteiger partial charge on any atom is 0.118 e. The summed E-state index contributed by atoms with van der Waals surface area (Å²) >= 11 is 5.39. The molecule has 2 aromatic rings. The third-order valence-corrected chi connectivity index (χ3v) is 2.54. The Bertz CT molecular complexity index is 346. The minimum atomic E-state index is 0.909. The molecule has 0 saturated heterocycles. The van der Waals surface area contributed by atoms with E-state index < -0.39 is 0 Å². The Morgan fingerprint density at radius 2 is 1.00 bits per heavy atom. The quantitative estimate of drug-likeness (QED) is 0.728. The zero-order valence-corrected chi connectivity index (χ0v) is 8.50. The Hall–Kier alpha value is -1.25. The molecule has 0 bridgehead atoms. The molecule has 0 radical (unpaired) electrons. The molecule has 0 heterocycles. The Morgan fingerprint density at radius 1 is 0.643 bits per heavy atom. The molecule has 0 atom stereocenters. The van der Waals surface area contributed by atoms with Crippen molar-refractivity contribution >= 4 is 24.2 Å². The van der Waals surface area contributed by atoms with Crippen molar-refractivity contribution in [2.75, 3.05) is 0 Å². The monoisotopic (exact) mass is 201 g/mol. The summed E-state index contributed by atoms with van der Waals surface area (Å²) in [5.41, 5.74) is 2.21. The van der Waals surface area contributed by atoms with Gasteiger partial charge in [-0.05, 0) is 24.3 Å². The second kappa shape index (κ2) is 4.31. The molecule has 0 aliphatic rings. The van der Waals surface area contributed by atoms with Crippen LogP contribution in [0.5, 0.6) is 0 Å². The molecule has 2 rings (SSSR count). The first-order valence-corrected chi connectivity index (χ1v) is 4.93. The Balaban J connectivity index is 2.30. The highest BCUT2D eigenvalue weighted by Gasteiger charge is 2.01. The molecule has 2 heteroatoms. The number of rotatable bonds is 2. The van der Waals surface area contributed by atoms with E-state index in [1.807, 2.05) is 60.7 Å². The van der Waals surface area contributed by atoms with E-state index in [2.05, 4.69) is 0 Å². The van der Waals surface area contributed by atoms with Crippen molar-refractivity contribution in [1.82, 2.24) is 0 Å². The van der Waals surface area contributed by atoms with Crippen LogP contribution in [0.2, 0.25) is 0 Å². The second-order valence-electron chi connectivity index (χ2n) is 3.06. The number of hydrogen-bond donors (Lipinski definition) is 1. The van der Waals surface area contributed by atoms with Gasteiger partial charge >= 0.3 is 0 Å². The normalized spacial score (nSPS) is 10.4. The highest BCUT2D eigenvalue weighted by Crippen LogP contribution is 2.05. The summed E-state index contributed by atoms with van der Waals surface area (Å²) < 4.78 is 0.909. The maximum atomic E-state index is 5.39. The molecule has 0 aliphatic carbocycles. The number of hydrogen-bond acceptors (Lipinski definition) is 1. The van der Waals surface area contributed by atoms with E-state index >= 15 is 0 Å². The van der Waals surface area contributed by atoms with Gasteiger partial charge in [0.05, 0.1) is 0 Å². The fraction of sp³-hybridized carbons (Fsp3) is 0. The fourth-order valence-corrected chi connectivity index (χ4v) is 1.62. The molecule has 2 aromatic carbocycles. The van der Waals surface area contributed by atoms with Crippen molar-refractivity contribution in [2.45, 2.75) is 0 Å². The number of nitrogens with one attached hydrogen (secondary N) is 1. The van der Waals surface area contributed by atoms with Crippen LogP contribution in [0.3, 0.4) is 0 Å². The first kappa shape index (κ1) is 9.31. The highest BCUT2D eigenvalue weighted by atomic mass is 32.1. The third-order valence-electron chi connectivity index (χ3n) is 2.07. The van der Waals surface area contributed by atoms with Crippen molar-refractivity contribution in [2.24, 2.45) is 0 Å². The van der Waals surface area contributed by atoms with Crippen LogP contribution in [-0.2, 0) is 12.8 Å². The average Bonchev–Trinajstić information content (AvgIpc) is 2.30. The zero-order valence-electron chi connectivity index (χ0n) is 7.68. The van der Waals surface area contributed by atoms with E-state index in [1.165, 1.54) is 0 Å². The van der Waals surface area contributed by atoms with Crippen molar-refractivity contribution in [3.05, 3.63) is 60.7 Å². The van der Waals surface area contributed by atoms with Gasteiger partial charge in [-0.15, -0.1) is 0 Å². The van der Waals surface area contributed by atoms with Crippen molar-refractivity contribution in [3.8, 4) is 0 Å². The van der Waals surface area contributed by atoms with E-state index in [0.29, 0.717) is 0 Å². The lowest BCUT2D eigenvalue weighted by Gasteiger charge is -2.22. The van der Waals surface area contributed by atoms with Gasteiger partial charge in [-0.25, -0.2) is 0 Å². The lowest BCUT2D eigenvalue weighted by atomic mass is 10.3. The van der Waals surface area contributed by atoms with E-state index in [0.717, 1.165) is 15.7 Å². The molecule has 70 valence electrons. The van der Waals surface area contributed by atoms with Crippen LogP contribution in [-0.4, -0.2) is 0 Å². The first-order valence-electron chi connectivity index (χ1n) is 4.53. The van der Waals surface area contributed by atoms with Gasteiger partial charge < -0.3 is 17.1 Å². The molecule has 0 amide bonds. The summed E-state index contributed by atoms with van der Waals surface area (Å²) in [6.45, 7) is 0. The van der Waals surface area contributed by atoms with Crippen LogP contribution in [0.25, 0.3) is 0 Å². The van der Waals surface area contributed by atoms with Crippen molar-refractivity contribution < 1.29 is 4.31 Å². The van der Waals surface area contributed by atoms with Gasteiger partial charge in [-0.2, -0.15) is 0 Å². The van der Waals surface area contributed by atoms with E-state index in [4.69, 9.17) is 12.8 Å². The van der Waals surface area contributed by atoms with Crippen LogP contribution in [0.1, 0.15) is 0 Å². The van der Waals surface area contributed by atoms with E-state index in [9.17, 15) is 0 Å². The van der Waals surface area contributed by atoms with Gasteiger partial charge in [0.25, 0.3) is 0 Å². The Labute approximate surface area is 89.5 Å². The lowest BCUT2D eigenvalue weighted by Crippen LogP contribution is -2.96. The summed E-state index contributed by atoms with van der Waals surface area (Å²) in [7, 11) is 0. The number of quaternary nitrogens is 1. The molecular formula is C12H11NS. The third kappa shape index (κ3) is 1.97. The lowest BCUT2D eigenvalue weighted by molar-refractivity contribution is -0.590. The predicted molar refractivity (Wildman–Crippen MR) is 60.5 cm³/mol. The SMILES string of the molecule is [S-][NH+](c1ccccc1)c1ccccc1. The summed E-state index contributed by atoms with van der Waals surface area (Å²) in [4.78, 5) is 0. The van der Waals surface area contributed by atoms with Crippen LogP contribution in [0.15, 0.2) is 60.7 Å². The van der Waals surface area contributed by atoms with Crippen LogP contribution in [0, 0.1) is 0 Å².